The molecule has 116 valence electrons. The Morgan fingerprint density at radius 2 is 1.81 bits per heavy atom. The first kappa shape index (κ1) is 17.0. The molecule has 1 atom stereocenters. The van der Waals surface area contributed by atoms with Gasteiger partial charge < -0.3 is 16.0 Å². The van der Waals surface area contributed by atoms with Crippen molar-refractivity contribution in [1.82, 2.24) is 5.32 Å². The maximum absolute atomic E-state index is 12.4. The van der Waals surface area contributed by atoms with Crippen LogP contribution in [-0.2, 0) is 15.8 Å². The van der Waals surface area contributed by atoms with Gasteiger partial charge in [0.15, 0.2) is 12.6 Å². The normalized spacial score (nSPS) is 12.6. The van der Waals surface area contributed by atoms with Crippen molar-refractivity contribution in [3.8, 4) is 0 Å². The summed E-state index contributed by atoms with van der Waals surface area (Å²) in [5.41, 5.74) is -0.507. The van der Waals surface area contributed by atoms with E-state index in [1.165, 1.54) is 24.5 Å². The molecule has 0 saturated carbocycles. The third kappa shape index (κ3) is 5.42. The Bertz CT molecular complexity index is 500. The molecule has 8 heteroatoms. The van der Waals surface area contributed by atoms with Crippen molar-refractivity contribution < 1.29 is 28.1 Å². The molecule has 1 aromatic rings. The number of amides is 2. The maximum Gasteiger partial charge on any atom is 0.416 e. The molecular formula is C13H17F3N3O2+. The summed E-state index contributed by atoms with van der Waals surface area (Å²) in [4.78, 5) is 22.8. The standard InChI is InChI=1S/C13H16F3N3O2/c1-8(18-7-11(20)17-2)12(21)19-10-5-3-9(4-6-10)13(14,15)16/h3-6,8,18H,7H2,1-2H3,(H,17,20)(H,19,21)/p+1/t8-/m1/s1. The van der Waals surface area contributed by atoms with Crippen molar-refractivity contribution in [3.63, 3.8) is 0 Å². The van der Waals surface area contributed by atoms with Gasteiger partial charge in [-0.2, -0.15) is 13.2 Å². The Balaban J connectivity index is 2.56. The predicted octanol–water partition coefficient (Wildman–Crippen LogP) is 0.342. The molecule has 0 radical (unpaired) electrons. The van der Waals surface area contributed by atoms with Gasteiger partial charge in [-0.15, -0.1) is 0 Å². The Morgan fingerprint density at radius 1 is 1.24 bits per heavy atom. The highest BCUT2D eigenvalue weighted by Gasteiger charge is 2.30. The lowest BCUT2D eigenvalue weighted by molar-refractivity contribution is -0.662. The van der Waals surface area contributed by atoms with Crippen LogP contribution in [0.1, 0.15) is 12.5 Å². The monoisotopic (exact) mass is 304 g/mol. The van der Waals surface area contributed by atoms with Crippen LogP contribution >= 0.6 is 0 Å². The molecule has 0 spiro atoms. The molecule has 0 aliphatic rings. The summed E-state index contributed by atoms with van der Waals surface area (Å²) in [6.45, 7) is 1.69. The third-order valence-corrected chi connectivity index (χ3v) is 2.83. The smallest absolute Gasteiger partial charge is 0.354 e. The first-order chi connectivity index (χ1) is 9.74. The van der Waals surface area contributed by atoms with Crippen molar-refractivity contribution in [1.29, 1.82) is 0 Å². The summed E-state index contributed by atoms with van der Waals surface area (Å²) < 4.78 is 37.2. The molecule has 0 aliphatic heterocycles. The van der Waals surface area contributed by atoms with Crippen molar-refractivity contribution in [3.05, 3.63) is 29.8 Å². The zero-order valence-corrected chi connectivity index (χ0v) is 11.6. The van der Waals surface area contributed by atoms with Gasteiger partial charge in [-0.3, -0.25) is 9.59 Å². The molecule has 5 nitrogen and oxygen atoms in total. The van der Waals surface area contributed by atoms with E-state index < -0.39 is 23.7 Å². The summed E-state index contributed by atoms with van der Waals surface area (Å²) in [7, 11) is 1.49. The minimum atomic E-state index is -4.41. The number of nitrogens with two attached hydrogens (primary N) is 1. The number of anilines is 1. The Hall–Kier alpha value is -2.09. The summed E-state index contributed by atoms with van der Waals surface area (Å²) >= 11 is 0. The SMILES string of the molecule is CNC(=O)C[NH2+][C@H](C)C(=O)Nc1ccc(C(F)(F)F)cc1. The van der Waals surface area contributed by atoms with Crippen LogP contribution < -0.4 is 16.0 Å². The molecule has 0 saturated heterocycles. The van der Waals surface area contributed by atoms with Crippen LogP contribution in [0.15, 0.2) is 24.3 Å². The molecule has 21 heavy (non-hydrogen) atoms. The second-order valence-electron chi connectivity index (χ2n) is 4.47. The van der Waals surface area contributed by atoms with Crippen LogP contribution in [-0.4, -0.2) is 31.4 Å². The van der Waals surface area contributed by atoms with E-state index in [2.05, 4.69) is 10.6 Å². The lowest BCUT2D eigenvalue weighted by atomic mass is 10.2. The average Bonchev–Trinajstić information content (AvgIpc) is 2.43. The molecule has 1 rings (SSSR count). The second-order valence-corrected chi connectivity index (χ2v) is 4.47. The molecule has 0 unspecified atom stereocenters. The van der Waals surface area contributed by atoms with Gasteiger partial charge in [0.2, 0.25) is 0 Å². The lowest BCUT2D eigenvalue weighted by Crippen LogP contribution is -2.93. The molecule has 0 aliphatic carbocycles. The van der Waals surface area contributed by atoms with E-state index in [0.717, 1.165) is 12.1 Å². The quantitative estimate of drug-likeness (QED) is 0.734. The molecule has 0 fully saturated rings. The van der Waals surface area contributed by atoms with Crippen molar-refractivity contribution in [2.45, 2.75) is 19.1 Å². The number of hydrogen-bond donors (Lipinski definition) is 3. The first-order valence-corrected chi connectivity index (χ1v) is 6.26. The highest BCUT2D eigenvalue weighted by molar-refractivity contribution is 5.93. The Kier molecular flexibility index (Phi) is 5.71. The van der Waals surface area contributed by atoms with Crippen LogP contribution in [0.25, 0.3) is 0 Å². The van der Waals surface area contributed by atoms with Gasteiger partial charge in [-0.05, 0) is 31.2 Å². The molecule has 1 aromatic carbocycles. The van der Waals surface area contributed by atoms with Crippen molar-refractivity contribution >= 4 is 17.5 Å². The van der Waals surface area contributed by atoms with Crippen molar-refractivity contribution in [2.24, 2.45) is 0 Å². The van der Waals surface area contributed by atoms with E-state index in [-0.39, 0.29) is 18.1 Å². The van der Waals surface area contributed by atoms with Gasteiger partial charge >= 0.3 is 6.18 Å². The largest absolute Gasteiger partial charge is 0.416 e. The first-order valence-electron chi connectivity index (χ1n) is 6.26. The molecule has 2 amide bonds. The van der Waals surface area contributed by atoms with Gasteiger partial charge in [0, 0.05) is 12.7 Å². The summed E-state index contributed by atoms with van der Waals surface area (Å²) in [6.07, 6.45) is -4.41. The fraction of sp³-hybridized carbons (Fsp3) is 0.385. The second kappa shape index (κ2) is 7.07. The van der Waals surface area contributed by atoms with Gasteiger partial charge in [-0.25, -0.2) is 0 Å². The van der Waals surface area contributed by atoms with Gasteiger partial charge in [0.1, 0.15) is 0 Å². The predicted molar refractivity (Wildman–Crippen MR) is 70.4 cm³/mol. The lowest BCUT2D eigenvalue weighted by Gasteiger charge is -2.12. The number of benzene rings is 1. The number of alkyl halides is 3. The van der Waals surface area contributed by atoms with E-state index >= 15 is 0 Å². The van der Waals surface area contributed by atoms with Crippen LogP contribution in [0.2, 0.25) is 0 Å². The molecule has 0 heterocycles. The van der Waals surface area contributed by atoms with Gasteiger partial charge in [0.05, 0.1) is 5.56 Å². The van der Waals surface area contributed by atoms with Gasteiger partial charge in [-0.1, -0.05) is 0 Å². The fourth-order valence-electron chi connectivity index (χ4n) is 1.49. The highest BCUT2D eigenvalue weighted by Crippen LogP contribution is 2.29. The van der Waals surface area contributed by atoms with Crippen LogP contribution in [0.4, 0.5) is 18.9 Å². The number of rotatable bonds is 5. The Labute approximate surface area is 119 Å². The topological polar surface area (TPSA) is 74.8 Å². The minimum absolute atomic E-state index is 0.0953. The molecule has 0 bridgehead atoms. The van der Waals surface area contributed by atoms with Crippen LogP contribution in [0.5, 0.6) is 0 Å². The number of nitrogens with one attached hydrogen (secondary N) is 2. The number of likely N-dealkylation sites (N-methyl/N-ethyl adjacent to an activating group) is 1. The number of carbonyl (C=O) groups is 2. The number of halogens is 3. The number of quaternary nitrogens is 1. The van der Waals surface area contributed by atoms with Crippen LogP contribution in [0.3, 0.4) is 0 Å². The zero-order valence-electron chi connectivity index (χ0n) is 11.6. The molecular weight excluding hydrogens is 287 g/mol. The van der Waals surface area contributed by atoms with E-state index in [4.69, 9.17) is 0 Å². The van der Waals surface area contributed by atoms with E-state index in [9.17, 15) is 22.8 Å². The van der Waals surface area contributed by atoms with Gasteiger partial charge in [0.25, 0.3) is 11.8 Å². The fourth-order valence-corrected chi connectivity index (χ4v) is 1.49. The third-order valence-electron chi connectivity index (χ3n) is 2.83. The average molecular weight is 304 g/mol. The van der Waals surface area contributed by atoms with E-state index in [1.54, 1.807) is 6.92 Å². The highest BCUT2D eigenvalue weighted by atomic mass is 19.4. The van der Waals surface area contributed by atoms with Crippen LogP contribution in [0, 0.1) is 0 Å². The zero-order chi connectivity index (χ0) is 16.0. The Morgan fingerprint density at radius 3 is 2.29 bits per heavy atom. The summed E-state index contributed by atoms with van der Waals surface area (Å²) in [6, 6.07) is 3.63. The maximum atomic E-state index is 12.4. The summed E-state index contributed by atoms with van der Waals surface area (Å²) in [5.74, 6) is -0.608. The summed E-state index contributed by atoms with van der Waals surface area (Å²) in [5, 5.41) is 6.44. The van der Waals surface area contributed by atoms with E-state index in [1.807, 2.05) is 0 Å². The van der Waals surface area contributed by atoms with Crippen molar-refractivity contribution in [2.75, 3.05) is 18.9 Å². The molecule has 0 aromatic heterocycles. The number of hydrogen-bond acceptors (Lipinski definition) is 2. The van der Waals surface area contributed by atoms with E-state index in [0.29, 0.717) is 0 Å². The molecule has 4 N–H and O–H groups in total. The number of carbonyl (C=O) groups excluding carboxylic acids is 2. The minimum Gasteiger partial charge on any atom is -0.354 e.